The zero-order valence-corrected chi connectivity index (χ0v) is 35.3. The molecule has 0 fully saturated rings. The van der Waals surface area contributed by atoms with Gasteiger partial charge >= 0.3 is 0 Å². The summed E-state index contributed by atoms with van der Waals surface area (Å²) in [4.78, 5) is 0. The minimum absolute atomic E-state index is 0.908. The lowest BCUT2D eigenvalue weighted by atomic mass is 9.81. The maximum Gasteiger partial charge on any atom is 0.143 e. The zero-order valence-electron chi connectivity index (χ0n) is 34.4. The molecule has 2 heteroatoms. The highest BCUT2D eigenvalue weighted by Crippen LogP contribution is 2.52. The smallest absolute Gasteiger partial charge is 0.143 e. The van der Waals surface area contributed by atoms with Crippen molar-refractivity contribution in [3.8, 4) is 33.4 Å². The number of hydrogen-bond donors (Lipinski definition) is 0. The molecule has 0 saturated heterocycles. The molecule has 2 heterocycles. The number of rotatable bonds is 3. The molecule has 0 bridgehead atoms. The first-order valence-electron chi connectivity index (χ1n) is 22.1. The Morgan fingerprint density at radius 1 is 0.297 bits per heavy atom. The molecule has 0 aliphatic rings. The summed E-state index contributed by atoms with van der Waals surface area (Å²) in [6.07, 6.45) is 0. The molecule has 2 aromatic heterocycles. The Kier molecular flexibility index (Phi) is 6.89. The van der Waals surface area contributed by atoms with Crippen LogP contribution in [0, 0.1) is 0 Å². The van der Waals surface area contributed by atoms with Gasteiger partial charge in [-0.1, -0.05) is 188 Å². The molecule has 0 N–H and O–H groups in total. The molecular weight excluding hydrogens is 793 g/mol. The predicted molar refractivity (Wildman–Crippen MR) is 277 cm³/mol. The van der Waals surface area contributed by atoms with Gasteiger partial charge in [-0.3, -0.25) is 0 Å². The van der Waals surface area contributed by atoms with E-state index in [1.165, 1.54) is 134 Å². The first-order chi connectivity index (χ1) is 31.8. The van der Waals surface area contributed by atoms with Crippen LogP contribution >= 0.6 is 11.3 Å². The Labute approximate surface area is 371 Å². The van der Waals surface area contributed by atoms with Gasteiger partial charge in [-0.25, -0.2) is 0 Å². The van der Waals surface area contributed by atoms with Crippen molar-refractivity contribution < 1.29 is 4.42 Å². The summed E-state index contributed by atoms with van der Waals surface area (Å²) < 4.78 is 9.53. The summed E-state index contributed by atoms with van der Waals surface area (Å²) in [5.74, 6) is 0. The van der Waals surface area contributed by atoms with E-state index in [0.717, 1.165) is 16.6 Å². The molecular formula is C62H34OS. The highest BCUT2D eigenvalue weighted by atomic mass is 32.1. The Bertz CT molecular complexity index is 4370. The van der Waals surface area contributed by atoms with Crippen LogP contribution in [0.5, 0.6) is 0 Å². The van der Waals surface area contributed by atoms with Crippen molar-refractivity contribution in [3.63, 3.8) is 0 Å². The van der Waals surface area contributed by atoms with Crippen LogP contribution in [0.15, 0.2) is 211 Å². The Morgan fingerprint density at radius 2 is 0.766 bits per heavy atom. The highest BCUT2D eigenvalue weighted by Gasteiger charge is 2.25. The summed E-state index contributed by atoms with van der Waals surface area (Å²) in [6.45, 7) is 0. The van der Waals surface area contributed by atoms with Crippen molar-refractivity contribution in [1.82, 2.24) is 0 Å². The molecule has 0 spiro atoms. The van der Waals surface area contributed by atoms with Crippen LogP contribution in [-0.2, 0) is 0 Å². The molecule has 294 valence electrons. The normalized spacial score (nSPS) is 12.4. The van der Waals surface area contributed by atoms with E-state index in [4.69, 9.17) is 4.42 Å². The van der Waals surface area contributed by atoms with Gasteiger partial charge in [-0.2, -0.15) is 0 Å². The van der Waals surface area contributed by atoms with Gasteiger partial charge in [-0.15, -0.1) is 11.3 Å². The minimum atomic E-state index is 0.908. The van der Waals surface area contributed by atoms with Crippen molar-refractivity contribution in [2.24, 2.45) is 0 Å². The highest BCUT2D eigenvalue weighted by molar-refractivity contribution is 7.26. The first kappa shape index (κ1) is 34.5. The second kappa shape index (κ2) is 12.8. The van der Waals surface area contributed by atoms with E-state index in [-0.39, 0.29) is 0 Å². The quantitative estimate of drug-likeness (QED) is 0.128. The molecule has 0 atom stereocenters. The first-order valence-corrected chi connectivity index (χ1v) is 22.9. The topological polar surface area (TPSA) is 13.1 Å². The average Bonchev–Trinajstić information content (AvgIpc) is 3.94. The number of hydrogen-bond acceptors (Lipinski definition) is 2. The largest absolute Gasteiger partial charge is 0.455 e. The fourth-order valence-electron chi connectivity index (χ4n) is 11.6. The van der Waals surface area contributed by atoms with Crippen LogP contribution in [0.3, 0.4) is 0 Å². The van der Waals surface area contributed by atoms with Crippen LogP contribution in [0.4, 0.5) is 0 Å². The maximum absolute atomic E-state index is 6.87. The minimum Gasteiger partial charge on any atom is -0.455 e. The molecule has 0 unspecified atom stereocenters. The van der Waals surface area contributed by atoms with E-state index in [2.05, 4.69) is 206 Å². The van der Waals surface area contributed by atoms with Gasteiger partial charge in [0.15, 0.2) is 0 Å². The Balaban J connectivity index is 1.04. The second-order valence-electron chi connectivity index (χ2n) is 17.4. The van der Waals surface area contributed by atoms with Crippen LogP contribution < -0.4 is 0 Å². The average molecular weight is 827 g/mol. The lowest BCUT2D eigenvalue weighted by Gasteiger charge is -2.22. The molecule has 1 nitrogen and oxygen atoms in total. The SMILES string of the molecule is c1ccc2c(c1)sc1c(-c3c4ccccc4c(-c4c5ccccc5c(-c5ccc6oc7c8cccc9ccc%10cccc(c7c6c5)c%10c98)c5ccccc45)c4ccccc34)cccc12. The number of thiophene rings is 1. The van der Waals surface area contributed by atoms with E-state index < -0.39 is 0 Å². The van der Waals surface area contributed by atoms with Gasteiger partial charge in [0, 0.05) is 47.3 Å². The van der Waals surface area contributed by atoms with Crippen LogP contribution in [0.1, 0.15) is 0 Å². The van der Waals surface area contributed by atoms with Crippen LogP contribution in [0.2, 0.25) is 0 Å². The molecule has 0 aliphatic heterocycles. The van der Waals surface area contributed by atoms with Gasteiger partial charge < -0.3 is 4.42 Å². The maximum atomic E-state index is 6.87. The van der Waals surface area contributed by atoms with Gasteiger partial charge in [0.05, 0.1) is 0 Å². The third-order valence-corrected chi connectivity index (χ3v) is 15.4. The van der Waals surface area contributed by atoms with Gasteiger partial charge in [-0.05, 0) is 111 Å². The molecule has 64 heavy (non-hydrogen) atoms. The fourth-order valence-corrected chi connectivity index (χ4v) is 12.8. The number of benzene rings is 13. The molecule has 13 aromatic carbocycles. The summed E-state index contributed by atoms with van der Waals surface area (Å²) in [5.41, 5.74) is 9.42. The predicted octanol–water partition coefficient (Wildman–Crippen LogP) is 18.5. The summed E-state index contributed by atoms with van der Waals surface area (Å²) in [7, 11) is 0. The lowest BCUT2D eigenvalue weighted by Crippen LogP contribution is -1.94. The van der Waals surface area contributed by atoms with Crippen molar-refractivity contribution in [3.05, 3.63) is 206 Å². The van der Waals surface area contributed by atoms with E-state index in [0.29, 0.717) is 0 Å². The molecule has 15 rings (SSSR count). The Hall–Kier alpha value is -8.04. The zero-order chi connectivity index (χ0) is 41.6. The van der Waals surface area contributed by atoms with Gasteiger partial charge in [0.1, 0.15) is 11.2 Å². The fraction of sp³-hybridized carbons (Fsp3) is 0. The van der Waals surface area contributed by atoms with E-state index in [9.17, 15) is 0 Å². The monoisotopic (exact) mass is 826 g/mol. The summed E-state index contributed by atoms with van der Waals surface area (Å²) >= 11 is 1.90. The van der Waals surface area contributed by atoms with Gasteiger partial charge in [0.25, 0.3) is 0 Å². The third kappa shape index (κ3) is 4.52. The summed E-state index contributed by atoms with van der Waals surface area (Å²) in [6, 6.07) is 76.7. The Morgan fingerprint density at radius 3 is 1.38 bits per heavy atom. The summed E-state index contributed by atoms with van der Waals surface area (Å²) in [5, 5.41) is 22.4. The standard InChI is InChI=1S/C62H34OS/c1-5-21-43-39(17-1)54(37-32-33-52-51(34-37)60-48-26-11-14-35-30-31-36-15-12-27-49(61(60)63-52)56(36)55(35)48)40-18-2-6-22-44(40)58(43)59-45-23-7-3-19-41(45)57(42-20-4-8-24-46(42)59)50-28-13-25-47-38-16-9-10-29-53(38)64-62(47)50/h1-34H. The molecule has 0 aliphatic carbocycles. The molecule has 0 saturated carbocycles. The van der Waals surface area contributed by atoms with E-state index >= 15 is 0 Å². The molecule has 15 aromatic rings. The number of furan rings is 1. The van der Waals surface area contributed by atoms with Crippen molar-refractivity contribution >= 4 is 129 Å². The van der Waals surface area contributed by atoms with Crippen LogP contribution in [-0.4, -0.2) is 0 Å². The molecule has 0 radical (unpaired) electrons. The van der Waals surface area contributed by atoms with Crippen molar-refractivity contribution in [1.29, 1.82) is 0 Å². The van der Waals surface area contributed by atoms with E-state index in [1.54, 1.807) is 0 Å². The number of fused-ring (bicyclic) bond motifs is 12. The lowest BCUT2D eigenvalue weighted by molar-refractivity contribution is 0.673. The van der Waals surface area contributed by atoms with Crippen molar-refractivity contribution in [2.45, 2.75) is 0 Å². The molecule has 0 amide bonds. The second-order valence-corrected chi connectivity index (χ2v) is 18.4. The van der Waals surface area contributed by atoms with Crippen molar-refractivity contribution in [2.75, 3.05) is 0 Å². The third-order valence-electron chi connectivity index (χ3n) is 14.2. The van der Waals surface area contributed by atoms with Crippen LogP contribution in [0.25, 0.3) is 151 Å². The van der Waals surface area contributed by atoms with Gasteiger partial charge in [0.2, 0.25) is 0 Å². The van der Waals surface area contributed by atoms with E-state index in [1.807, 2.05) is 11.3 Å².